The first-order chi connectivity index (χ1) is 19.1. The molecule has 0 radical (unpaired) electrons. The lowest BCUT2D eigenvalue weighted by Crippen LogP contribution is -2.02. The third-order valence-corrected chi connectivity index (χ3v) is 7.95. The summed E-state index contributed by atoms with van der Waals surface area (Å²) in [6.45, 7) is 2.29. The normalized spacial score (nSPS) is 12.3. The van der Waals surface area contributed by atoms with Crippen molar-refractivity contribution in [3.63, 3.8) is 0 Å². The van der Waals surface area contributed by atoms with Gasteiger partial charge in [0.05, 0.1) is 0 Å². The molecule has 0 saturated carbocycles. The van der Waals surface area contributed by atoms with Crippen LogP contribution in [0.15, 0.2) is 23.7 Å². The molecule has 0 fully saturated rings. The van der Waals surface area contributed by atoms with Crippen LogP contribution in [0, 0.1) is 0 Å². The predicted molar refractivity (Wildman–Crippen MR) is 169 cm³/mol. The number of hydrogen-bond donors (Lipinski definition) is 3. The first-order valence-electron chi connectivity index (χ1n) is 17.1. The van der Waals surface area contributed by atoms with Crippen molar-refractivity contribution in [2.45, 2.75) is 193 Å². The van der Waals surface area contributed by atoms with Crippen molar-refractivity contribution in [1.29, 1.82) is 0 Å². The molecule has 0 atom stereocenters. The highest BCUT2D eigenvalue weighted by Gasteiger charge is 2.08. The zero-order valence-electron chi connectivity index (χ0n) is 25.9. The smallest absolute Gasteiger partial charge is 0.374 e. The quantitative estimate of drug-likeness (QED) is 0.0347. The predicted octanol–water partition coefficient (Wildman–Crippen LogP) is 12.3. The average molecular weight is 551 g/mol. The molecular formula is C35H66O4. The lowest BCUT2D eigenvalue weighted by atomic mass is 10.0. The van der Waals surface area contributed by atoms with E-state index in [-0.39, 0.29) is 0 Å². The van der Waals surface area contributed by atoms with E-state index in [2.05, 4.69) is 6.92 Å². The van der Waals surface area contributed by atoms with E-state index in [1.54, 1.807) is 6.08 Å². The second-order valence-corrected chi connectivity index (χ2v) is 11.8. The number of carbonyl (C=O) groups is 1. The van der Waals surface area contributed by atoms with Crippen LogP contribution in [-0.4, -0.2) is 21.3 Å². The Kier molecular flexibility index (Phi) is 29.9. The summed E-state index contributed by atoms with van der Waals surface area (Å²) in [7, 11) is 0. The van der Waals surface area contributed by atoms with Crippen molar-refractivity contribution in [3.8, 4) is 0 Å². The van der Waals surface area contributed by atoms with Gasteiger partial charge in [0.25, 0.3) is 0 Å². The topological polar surface area (TPSA) is 77.8 Å². The lowest BCUT2D eigenvalue weighted by molar-refractivity contribution is -0.135. The molecule has 0 aromatic rings. The molecule has 0 heterocycles. The number of carboxylic acids is 1. The summed E-state index contributed by atoms with van der Waals surface area (Å²) in [5, 5.41) is 27.0. The van der Waals surface area contributed by atoms with Crippen molar-refractivity contribution < 1.29 is 20.1 Å². The fourth-order valence-electron chi connectivity index (χ4n) is 5.32. The van der Waals surface area contributed by atoms with E-state index < -0.39 is 17.5 Å². The van der Waals surface area contributed by atoms with Gasteiger partial charge in [-0.2, -0.15) is 0 Å². The number of aliphatic hydroxyl groups excluding tert-OH is 2. The largest absolute Gasteiger partial charge is 0.504 e. The van der Waals surface area contributed by atoms with Crippen LogP contribution in [0.4, 0.5) is 0 Å². The molecule has 4 heteroatoms. The number of hydrogen-bond acceptors (Lipinski definition) is 3. The molecule has 0 bridgehead atoms. The third-order valence-electron chi connectivity index (χ3n) is 7.95. The van der Waals surface area contributed by atoms with Gasteiger partial charge in [0.15, 0.2) is 5.76 Å². The Morgan fingerprint density at radius 1 is 0.436 bits per heavy atom. The van der Waals surface area contributed by atoms with Gasteiger partial charge in [0.1, 0.15) is 0 Å². The molecule has 0 spiro atoms. The zero-order chi connectivity index (χ0) is 28.7. The summed E-state index contributed by atoms with van der Waals surface area (Å²) in [6.07, 6.45) is 42.8. The Balaban J connectivity index is 3.16. The summed E-state index contributed by atoms with van der Waals surface area (Å²) in [5.74, 6) is -3.09. The first kappa shape index (κ1) is 37.6. The Morgan fingerprint density at radius 2 is 0.692 bits per heavy atom. The molecule has 0 aromatic carbocycles. The molecule has 0 unspecified atom stereocenters. The molecule has 0 aliphatic carbocycles. The minimum Gasteiger partial charge on any atom is -0.504 e. The van der Waals surface area contributed by atoms with Crippen LogP contribution >= 0.6 is 0 Å². The van der Waals surface area contributed by atoms with E-state index in [9.17, 15) is 9.90 Å². The molecule has 0 rings (SSSR count). The number of rotatable bonds is 31. The van der Waals surface area contributed by atoms with Crippen molar-refractivity contribution >= 4 is 5.97 Å². The van der Waals surface area contributed by atoms with Crippen LogP contribution in [0.5, 0.6) is 0 Å². The molecule has 0 amide bonds. The minimum absolute atomic E-state index is 0.581. The van der Waals surface area contributed by atoms with Gasteiger partial charge in [-0.3, -0.25) is 0 Å². The van der Waals surface area contributed by atoms with E-state index in [0.717, 1.165) is 19.3 Å². The van der Waals surface area contributed by atoms with Gasteiger partial charge >= 0.3 is 5.97 Å². The van der Waals surface area contributed by atoms with Gasteiger partial charge in [-0.15, -0.1) is 0 Å². The zero-order valence-corrected chi connectivity index (χ0v) is 25.9. The van der Waals surface area contributed by atoms with Gasteiger partial charge in [-0.25, -0.2) is 4.79 Å². The summed E-state index contributed by atoms with van der Waals surface area (Å²) >= 11 is 0. The summed E-state index contributed by atoms with van der Waals surface area (Å²) < 4.78 is 0. The van der Waals surface area contributed by atoms with E-state index in [4.69, 9.17) is 10.2 Å². The fourth-order valence-corrected chi connectivity index (χ4v) is 5.32. The highest BCUT2D eigenvalue weighted by molar-refractivity contribution is 5.84. The van der Waals surface area contributed by atoms with Gasteiger partial charge in [0, 0.05) is 0 Å². The summed E-state index contributed by atoms with van der Waals surface area (Å²) in [6, 6.07) is 0. The molecule has 4 nitrogen and oxygen atoms in total. The van der Waals surface area contributed by atoms with Crippen LogP contribution in [0.25, 0.3) is 0 Å². The Bertz CT molecular complexity index is 581. The number of allylic oxidation sites excluding steroid dienone is 2. The van der Waals surface area contributed by atoms with Crippen molar-refractivity contribution in [2.24, 2.45) is 0 Å². The van der Waals surface area contributed by atoms with Gasteiger partial charge in [-0.1, -0.05) is 186 Å². The maximum atomic E-state index is 10.5. The van der Waals surface area contributed by atoms with Crippen LogP contribution in [-0.2, 0) is 4.79 Å². The fraction of sp³-hybridized carbons (Fsp3) is 0.857. The number of carboxylic acid groups (broad SMARTS) is 1. The van der Waals surface area contributed by atoms with Crippen molar-refractivity contribution in [3.05, 3.63) is 23.7 Å². The maximum Gasteiger partial charge on any atom is 0.374 e. The van der Waals surface area contributed by atoms with Crippen LogP contribution in [0.3, 0.4) is 0 Å². The molecule has 0 aromatic heterocycles. The van der Waals surface area contributed by atoms with Crippen LogP contribution < -0.4 is 0 Å². The van der Waals surface area contributed by atoms with E-state index in [1.165, 1.54) is 173 Å². The highest BCUT2D eigenvalue weighted by Crippen LogP contribution is 2.16. The highest BCUT2D eigenvalue weighted by atomic mass is 16.4. The lowest BCUT2D eigenvalue weighted by Gasteiger charge is -2.04. The Labute approximate surface area is 242 Å². The number of aliphatic hydroxyl groups is 2. The van der Waals surface area contributed by atoms with E-state index >= 15 is 0 Å². The molecular weight excluding hydrogens is 484 g/mol. The van der Waals surface area contributed by atoms with Crippen molar-refractivity contribution in [2.75, 3.05) is 0 Å². The molecule has 0 saturated heterocycles. The SMILES string of the molecule is CCCCCCCCCCCCCCCCCCCCCCCCCCCCCC/C=C/C(O)=C(\O)C(=O)O. The number of unbranched alkanes of at least 4 members (excludes halogenated alkanes) is 28. The molecule has 0 aliphatic rings. The number of aliphatic carboxylic acids is 1. The molecule has 230 valence electrons. The standard InChI is InChI=1S/C35H66O4/c1-2-3-4-5-6-7-8-9-10-11-12-13-14-15-16-17-18-19-20-21-22-23-24-25-26-27-28-29-30-31-32-33(36)34(37)35(38)39/h31-32,36-37H,2-30H2,1H3,(H,38,39)/b32-31+,34-33+. The molecule has 3 N–H and O–H groups in total. The van der Waals surface area contributed by atoms with Crippen LogP contribution in [0.1, 0.15) is 193 Å². The Morgan fingerprint density at radius 3 is 0.949 bits per heavy atom. The second kappa shape index (κ2) is 31.1. The van der Waals surface area contributed by atoms with Gasteiger partial charge < -0.3 is 15.3 Å². The van der Waals surface area contributed by atoms with Gasteiger partial charge in [0.2, 0.25) is 5.76 Å². The van der Waals surface area contributed by atoms with E-state index in [1.807, 2.05) is 0 Å². The monoisotopic (exact) mass is 550 g/mol. The molecule has 0 aliphatic heterocycles. The second-order valence-electron chi connectivity index (χ2n) is 11.8. The average Bonchev–Trinajstić information content (AvgIpc) is 2.93. The minimum atomic E-state index is -1.51. The van der Waals surface area contributed by atoms with Gasteiger partial charge in [-0.05, 0) is 18.9 Å². The third kappa shape index (κ3) is 29.4. The van der Waals surface area contributed by atoms with Crippen molar-refractivity contribution in [1.82, 2.24) is 0 Å². The summed E-state index contributed by atoms with van der Waals surface area (Å²) in [5.41, 5.74) is 0. The maximum absolute atomic E-state index is 10.5. The Hall–Kier alpha value is -1.45. The molecule has 39 heavy (non-hydrogen) atoms. The van der Waals surface area contributed by atoms with E-state index in [0.29, 0.717) is 0 Å². The first-order valence-corrected chi connectivity index (χ1v) is 17.1. The van der Waals surface area contributed by atoms with Crippen LogP contribution in [0.2, 0.25) is 0 Å². The summed E-state index contributed by atoms with van der Waals surface area (Å²) in [4.78, 5) is 10.5.